The molecule has 1 aromatic heterocycles. The highest BCUT2D eigenvalue weighted by Gasteiger charge is 2.25. The first kappa shape index (κ1) is 22.3. The van der Waals surface area contributed by atoms with Gasteiger partial charge in [-0.15, -0.1) is 0 Å². The Morgan fingerprint density at radius 1 is 1.16 bits per heavy atom. The standard InChI is InChI=1S/C22H22ClFN4O3/c1-2-11-27(18(29)12-15-16(23)9-6-10-17(15)24)19-20(25)28(22(31)26-21(19)30)13-14-7-4-3-5-8-14/h3-10H,2,11-13,25H2,1H3,(H,26,30,31). The summed E-state index contributed by atoms with van der Waals surface area (Å²) in [5.74, 6) is -1.32. The first-order valence-corrected chi connectivity index (χ1v) is 10.1. The van der Waals surface area contributed by atoms with E-state index in [0.29, 0.717) is 6.42 Å². The van der Waals surface area contributed by atoms with Crippen molar-refractivity contribution >= 4 is 29.0 Å². The van der Waals surface area contributed by atoms with Crippen LogP contribution in [-0.4, -0.2) is 22.0 Å². The number of amides is 1. The zero-order chi connectivity index (χ0) is 22.5. The summed E-state index contributed by atoms with van der Waals surface area (Å²) in [5.41, 5.74) is 5.41. The van der Waals surface area contributed by atoms with Crippen molar-refractivity contribution in [2.45, 2.75) is 26.3 Å². The Kier molecular flexibility index (Phi) is 6.91. The molecule has 3 aromatic rings. The van der Waals surface area contributed by atoms with Gasteiger partial charge in [0, 0.05) is 17.1 Å². The second-order valence-corrected chi connectivity index (χ2v) is 7.39. The molecule has 0 unspecified atom stereocenters. The van der Waals surface area contributed by atoms with Gasteiger partial charge in [0.05, 0.1) is 13.0 Å². The number of hydrogen-bond donors (Lipinski definition) is 2. The molecule has 1 amide bonds. The maximum absolute atomic E-state index is 14.2. The Hall–Kier alpha value is -3.39. The molecular formula is C22H22ClFN4O3. The van der Waals surface area contributed by atoms with Crippen LogP contribution in [0.25, 0.3) is 0 Å². The van der Waals surface area contributed by atoms with Crippen molar-refractivity contribution in [1.29, 1.82) is 0 Å². The summed E-state index contributed by atoms with van der Waals surface area (Å²) in [4.78, 5) is 41.5. The minimum absolute atomic E-state index is 0.0304. The van der Waals surface area contributed by atoms with Crippen LogP contribution in [0.2, 0.25) is 5.02 Å². The Balaban J connectivity index is 2.04. The largest absolute Gasteiger partial charge is 0.383 e. The van der Waals surface area contributed by atoms with E-state index in [1.165, 1.54) is 27.7 Å². The van der Waals surface area contributed by atoms with Gasteiger partial charge in [-0.2, -0.15) is 0 Å². The fraction of sp³-hybridized carbons (Fsp3) is 0.227. The third-order valence-corrected chi connectivity index (χ3v) is 5.16. The Bertz CT molecular complexity index is 1190. The maximum Gasteiger partial charge on any atom is 0.330 e. The van der Waals surface area contributed by atoms with E-state index in [1.54, 1.807) is 0 Å². The molecular weight excluding hydrogens is 423 g/mol. The highest BCUT2D eigenvalue weighted by Crippen LogP contribution is 2.23. The van der Waals surface area contributed by atoms with Crippen molar-refractivity contribution in [3.63, 3.8) is 0 Å². The van der Waals surface area contributed by atoms with Gasteiger partial charge >= 0.3 is 5.69 Å². The quantitative estimate of drug-likeness (QED) is 0.585. The molecule has 9 heteroatoms. The van der Waals surface area contributed by atoms with Gasteiger partial charge in [-0.05, 0) is 24.1 Å². The average Bonchev–Trinajstić information content (AvgIpc) is 2.73. The van der Waals surface area contributed by atoms with Crippen molar-refractivity contribution in [1.82, 2.24) is 9.55 Å². The maximum atomic E-state index is 14.2. The number of hydrogen-bond acceptors (Lipinski definition) is 4. The van der Waals surface area contributed by atoms with Crippen molar-refractivity contribution < 1.29 is 9.18 Å². The van der Waals surface area contributed by atoms with Crippen molar-refractivity contribution in [3.05, 3.63) is 91.3 Å². The molecule has 1 heterocycles. The number of nitrogen functional groups attached to an aromatic ring is 1. The average molecular weight is 445 g/mol. The lowest BCUT2D eigenvalue weighted by Gasteiger charge is -2.24. The van der Waals surface area contributed by atoms with Crippen LogP contribution in [0.1, 0.15) is 24.5 Å². The molecule has 2 aromatic carbocycles. The van der Waals surface area contributed by atoms with E-state index >= 15 is 0 Å². The molecule has 0 atom stereocenters. The van der Waals surface area contributed by atoms with Crippen LogP contribution in [0.4, 0.5) is 15.9 Å². The van der Waals surface area contributed by atoms with Crippen LogP contribution in [0.15, 0.2) is 58.1 Å². The van der Waals surface area contributed by atoms with Crippen LogP contribution in [0.5, 0.6) is 0 Å². The number of aromatic amines is 1. The number of H-pyrrole nitrogens is 1. The lowest BCUT2D eigenvalue weighted by Crippen LogP contribution is -2.42. The minimum Gasteiger partial charge on any atom is -0.383 e. The molecule has 0 radical (unpaired) electrons. The first-order valence-electron chi connectivity index (χ1n) is 9.73. The molecule has 0 spiro atoms. The first-order chi connectivity index (χ1) is 14.8. The zero-order valence-electron chi connectivity index (χ0n) is 16.9. The number of nitrogens with zero attached hydrogens (tertiary/aromatic N) is 2. The SMILES string of the molecule is CCCN(C(=O)Cc1c(F)cccc1Cl)c1c(N)n(Cc2ccccc2)c(=O)[nH]c1=O. The van der Waals surface area contributed by atoms with Crippen molar-refractivity contribution in [2.75, 3.05) is 17.2 Å². The predicted octanol–water partition coefficient (Wildman–Crippen LogP) is 2.95. The van der Waals surface area contributed by atoms with Gasteiger partial charge in [0.2, 0.25) is 5.91 Å². The molecule has 0 fully saturated rings. The molecule has 3 rings (SSSR count). The molecule has 3 N–H and O–H groups in total. The van der Waals surface area contributed by atoms with Gasteiger partial charge in [0.15, 0.2) is 5.69 Å². The lowest BCUT2D eigenvalue weighted by atomic mass is 10.1. The number of aromatic nitrogens is 2. The van der Waals surface area contributed by atoms with Crippen LogP contribution in [0, 0.1) is 5.82 Å². The van der Waals surface area contributed by atoms with E-state index in [4.69, 9.17) is 17.3 Å². The summed E-state index contributed by atoms with van der Waals surface area (Å²) in [7, 11) is 0. The van der Waals surface area contributed by atoms with Gasteiger partial charge in [-0.25, -0.2) is 9.18 Å². The molecule has 0 aliphatic rings. The van der Waals surface area contributed by atoms with E-state index in [0.717, 1.165) is 5.56 Å². The molecule has 0 saturated carbocycles. The second kappa shape index (κ2) is 9.61. The minimum atomic E-state index is -0.784. The monoisotopic (exact) mass is 444 g/mol. The van der Waals surface area contributed by atoms with Gasteiger partial charge in [-0.1, -0.05) is 54.9 Å². The molecule has 31 heavy (non-hydrogen) atoms. The van der Waals surface area contributed by atoms with E-state index < -0.39 is 23.0 Å². The third-order valence-electron chi connectivity index (χ3n) is 4.81. The van der Waals surface area contributed by atoms with Crippen LogP contribution in [0.3, 0.4) is 0 Å². The topological polar surface area (TPSA) is 101 Å². The molecule has 0 saturated heterocycles. The van der Waals surface area contributed by atoms with Crippen molar-refractivity contribution in [3.8, 4) is 0 Å². The summed E-state index contributed by atoms with van der Waals surface area (Å²) in [6.07, 6.45) is 0.148. The number of rotatable bonds is 7. The molecule has 7 nitrogen and oxygen atoms in total. The second-order valence-electron chi connectivity index (χ2n) is 6.99. The summed E-state index contributed by atoms with van der Waals surface area (Å²) in [5, 5.41) is 0.112. The van der Waals surface area contributed by atoms with Gasteiger partial charge < -0.3 is 10.6 Å². The fourth-order valence-corrected chi connectivity index (χ4v) is 3.52. The van der Waals surface area contributed by atoms with Gasteiger partial charge in [0.25, 0.3) is 5.56 Å². The summed E-state index contributed by atoms with van der Waals surface area (Å²) in [6.45, 7) is 2.09. The Labute approximate surface area is 182 Å². The molecule has 0 bridgehead atoms. The van der Waals surface area contributed by atoms with E-state index in [9.17, 15) is 18.8 Å². The Morgan fingerprint density at radius 2 is 1.87 bits per heavy atom. The van der Waals surface area contributed by atoms with Gasteiger partial charge in [-0.3, -0.25) is 19.1 Å². The Morgan fingerprint density at radius 3 is 2.52 bits per heavy atom. The van der Waals surface area contributed by atoms with Gasteiger partial charge in [0.1, 0.15) is 11.6 Å². The summed E-state index contributed by atoms with van der Waals surface area (Å²) in [6, 6.07) is 13.2. The fourth-order valence-electron chi connectivity index (χ4n) is 3.29. The number of carbonyl (C=O) groups excluding carboxylic acids is 1. The number of nitrogens with one attached hydrogen (secondary N) is 1. The number of anilines is 2. The van der Waals surface area contributed by atoms with E-state index in [1.807, 2.05) is 37.3 Å². The highest BCUT2D eigenvalue weighted by molar-refractivity contribution is 6.31. The molecule has 162 valence electrons. The van der Waals surface area contributed by atoms with Crippen LogP contribution >= 0.6 is 11.6 Å². The van der Waals surface area contributed by atoms with Crippen molar-refractivity contribution in [2.24, 2.45) is 0 Å². The van der Waals surface area contributed by atoms with Crippen LogP contribution in [-0.2, 0) is 17.8 Å². The zero-order valence-corrected chi connectivity index (χ0v) is 17.7. The summed E-state index contributed by atoms with van der Waals surface area (Å²) < 4.78 is 15.4. The molecule has 0 aliphatic heterocycles. The van der Waals surface area contributed by atoms with E-state index in [2.05, 4.69) is 4.98 Å². The number of halogens is 2. The molecule has 0 aliphatic carbocycles. The summed E-state index contributed by atoms with van der Waals surface area (Å²) >= 11 is 6.05. The third kappa shape index (κ3) is 4.86. The number of benzene rings is 2. The van der Waals surface area contributed by atoms with Crippen LogP contribution < -0.4 is 21.9 Å². The van der Waals surface area contributed by atoms with E-state index in [-0.39, 0.29) is 41.6 Å². The smallest absolute Gasteiger partial charge is 0.330 e. The lowest BCUT2D eigenvalue weighted by molar-refractivity contribution is -0.118. The number of carbonyl (C=O) groups is 1. The predicted molar refractivity (Wildman–Crippen MR) is 119 cm³/mol. The normalized spacial score (nSPS) is 10.8. The highest BCUT2D eigenvalue weighted by atomic mass is 35.5. The number of nitrogens with two attached hydrogens (primary N) is 1.